The van der Waals surface area contributed by atoms with Gasteiger partial charge >= 0.3 is 6.03 Å². The van der Waals surface area contributed by atoms with Crippen LogP contribution in [0.2, 0.25) is 0 Å². The second-order valence-electron chi connectivity index (χ2n) is 5.62. The van der Waals surface area contributed by atoms with E-state index in [-0.39, 0.29) is 17.9 Å². The maximum Gasteiger partial charge on any atom is 0.331 e. The molecule has 1 saturated carbocycles. The van der Waals surface area contributed by atoms with Crippen molar-refractivity contribution in [3.8, 4) is 0 Å². The van der Waals surface area contributed by atoms with Crippen LogP contribution in [-0.2, 0) is 9.59 Å². The topological polar surface area (TPSA) is 66.5 Å². The Morgan fingerprint density at radius 1 is 1.05 bits per heavy atom. The van der Waals surface area contributed by atoms with Crippen LogP contribution < -0.4 is 5.32 Å². The predicted octanol–water partition coefficient (Wildman–Crippen LogP) is 1.59. The number of nitrogens with zero attached hydrogens (tertiary/aromatic N) is 1. The van der Waals surface area contributed by atoms with Gasteiger partial charge in [0.15, 0.2) is 0 Å². The summed E-state index contributed by atoms with van der Waals surface area (Å²) in [5.74, 6) is -1.23. The molecule has 102 valence electrons. The molecule has 2 fully saturated rings. The zero-order valence-electron chi connectivity index (χ0n) is 10.8. The molecule has 1 atom stereocenters. The summed E-state index contributed by atoms with van der Waals surface area (Å²) in [5.41, 5.74) is 0. The molecular weight excluding hydrogens is 244 g/mol. The Labute approximate surface area is 112 Å². The van der Waals surface area contributed by atoms with E-state index < -0.39 is 17.9 Å². The summed E-state index contributed by atoms with van der Waals surface area (Å²) in [6, 6.07) is -0.651. The minimum atomic E-state index is -0.652. The molecule has 0 aromatic rings. The first-order valence-corrected chi connectivity index (χ1v) is 7.01. The minimum Gasteiger partial charge on any atom is -0.277 e. The number of hydrogen-bond acceptors (Lipinski definition) is 3. The number of carbonyl (C=O) groups excluding carboxylic acids is 3. The second kappa shape index (κ2) is 4.79. The van der Waals surface area contributed by atoms with Gasteiger partial charge in [0.1, 0.15) is 5.92 Å². The Kier molecular flexibility index (Phi) is 3.12. The van der Waals surface area contributed by atoms with Crippen molar-refractivity contribution in [3.05, 3.63) is 12.2 Å². The molecule has 4 amide bonds. The number of hydrogen-bond donors (Lipinski definition) is 1. The van der Waals surface area contributed by atoms with Crippen LogP contribution in [-0.4, -0.2) is 28.8 Å². The number of amides is 4. The van der Waals surface area contributed by atoms with Crippen molar-refractivity contribution >= 4 is 17.8 Å². The molecule has 0 aromatic carbocycles. The van der Waals surface area contributed by atoms with Gasteiger partial charge in [-0.3, -0.25) is 19.8 Å². The van der Waals surface area contributed by atoms with Gasteiger partial charge in [0.2, 0.25) is 11.8 Å². The van der Waals surface area contributed by atoms with Gasteiger partial charge in [-0.25, -0.2) is 4.79 Å². The molecule has 0 bridgehead atoms. The fourth-order valence-corrected chi connectivity index (χ4v) is 3.47. The lowest BCUT2D eigenvalue weighted by atomic mass is 9.87. The first-order valence-electron chi connectivity index (χ1n) is 7.01. The number of rotatable bonds is 2. The maximum atomic E-state index is 12.5. The molecule has 0 spiro atoms. The zero-order chi connectivity index (χ0) is 13.4. The van der Waals surface area contributed by atoms with Crippen LogP contribution in [0, 0.1) is 11.8 Å². The third-order valence-corrected chi connectivity index (χ3v) is 4.45. The van der Waals surface area contributed by atoms with Crippen molar-refractivity contribution in [2.45, 2.75) is 44.6 Å². The zero-order valence-corrected chi connectivity index (χ0v) is 10.8. The van der Waals surface area contributed by atoms with Gasteiger partial charge in [-0.2, -0.15) is 0 Å². The predicted molar refractivity (Wildman–Crippen MR) is 68.0 cm³/mol. The number of imide groups is 2. The Morgan fingerprint density at radius 2 is 1.68 bits per heavy atom. The van der Waals surface area contributed by atoms with Gasteiger partial charge in [0.05, 0.1) is 0 Å². The largest absolute Gasteiger partial charge is 0.331 e. The van der Waals surface area contributed by atoms with Gasteiger partial charge in [0.25, 0.3) is 0 Å². The van der Waals surface area contributed by atoms with E-state index >= 15 is 0 Å². The van der Waals surface area contributed by atoms with Crippen LogP contribution in [0.5, 0.6) is 0 Å². The van der Waals surface area contributed by atoms with E-state index in [2.05, 4.69) is 5.32 Å². The van der Waals surface area contributed by atoms with Gasteiger partial charge in [-0.1, -0.05) is 25.0 Å². The van der Waals surface area contributed by atoms with E-state index in [1.54, 1.807) is 0 Å². The van der Waals surface area contributed by atoms with Crippen LogP contribution in [0.3, 0.4) is 0 Å². The Bertz CT molecular complexity index is 422. The lowest BCUT2D eigenvalue weighted by molar-refractivity contribution is -0.146. The number of urea groups is 1. The summed E-state index contributed by atoms with van der Waals surface area (Å²) < 4.78 is 0. The lowest BCUT2D eigenvalue weighted by Crippen LogP contribution is -2.61. The number of barbiturate groups is 1. The quantitative estimate of drug-likeness (QED) is 0.607. The second-order valence-corrected chi connectivity index (χ2v) is 5.62. The highest BCUT2D eigenvalue weighted by atomic mass is 16.2. The molecule has 1 heterocycles. The monoisotopic (exact) mass is 262 g/mol. The van der Waals surface area contributed by atoms with E-state index in [1.165, 1.54) is 4.90 Å². The van der Waals surface area contributed by atoms with Crippen LogP contribution in [0.1, 0.15) is 38.5 Å². The van der Waals surface area contributed by atoms with Crippen molar-refractivity contribution in [2.75, 3.05) is 0 Å². The van der Waals surface area contributed by atoms with Gasteiger partial charge in [-0.15, -0.1) is 0 Å². The third kappa shape index (κ3) is 2.07. The maximum absolute atomic E-state index is 12.5. The molecule has 5 nitrogen and oxygen atoms in total. The fourth-order valence-electron chi connectivity index (χ4n) is 3.47. The molecule has 2 aliphatic carbocycles. The van der Waals surface area contributed by atoms with Crippen LogP contribution in [0.4, 0.5) is 4.79 Å². The molecule has 3 rings (SSSR count). The van der Waals surface area contributed by atoms with Crippen molar-refractivity contribution < 1.29 is 14.4 Å². The fraction of sp³-hybridized carbons (Fsp3) is 0.643. The molecule has 1 aliphatic heterocycles. The average molecular weight is 262 g/mol. The minimum absolute atomic E-state index is 0.107. The van der Waals surface area contributed by atoms with E-state index in [0.717, 1.165) is 25.7 Å². The number of carbonyl (C=O) groups is 3. The molecule has 0 radical (unpaired) electrons. The summed E-state index contributed by atoms with van der Waals surface area (Å²) in [7, 11) is 0. The van der Waals surface area contributed by atoms with Crippen LogP contribution >= 0.6 is 0 Å². The molecule has 0 aromatic heterocycles. The van der Waals surface area contributed by atoms with Gasteiger partial charge in [-0.05, 0) is 31.6 Å². The SMILES string of the molecule is O=C1NC(=O)N(C2CC=CC2)C(=O)C1C1CCCC1. The first-order chi connectivity index (χ1) is 9.18. The van der Waals surface area contributed by atoms with Crippen molar-refractivity contribution in [2.24, 2.45) is 11.8 Å². The van der Waals surface area contributed by atoms with E-state index in [9.17, 15) is 14.4 Å². The number of nitrogens with one attached hydrogen (secondary N) is 1. The lowest BCUT2D eigenvalue weighted by Gasteiger charge is -2.36. The Balaban J connectivity index is 1.82. The molecule has 1 unspecified atom stereocenters. The summed E-state index contributed by atoms with van der Waals surface area (Å²) in [6.07, 6.45) is 9.32. The third-order valence-electron chi connectivity index (χ3n) is 4.45. The Morgan fingerprint density at radius 3 is 2.32 bits per heavy atom. The summed E-state index contributed by atoms with van der Waals surface area (Å²) in [6.45, 7) is 0. The van der Waals surface area contributed by atoms with Crippen LogP contribution in [0.15, 0.2) is 12.2 Å². The first kappa shape index (κ1) is 12.4. The highest BCUT2D eigenvalue weighted by Gasteiger charge is 2.47. The molecule has 1 saturated heterocycles. The standard InChI is InChI=1S/C14H18N2O3/c17-12-11(9-5-1-2-6-9)13(18)16(14(19)15-12)10-7-3-4-8-10/h3-4,9-11H,1-2,5-8H2,(H,15,17,19). The smallest absolute Gasteiger partial charge is 0.277 e. The molecule has 5 heteroatoms. The van der Waals surface area contributed by atoms with Crippen molar-refractivity contribution in [3.63, 3.8) is 0 Å². The highest BCUT2D eigenvalue weighted by molar-refractivity contribution is 6.16. The Hall–Kier alpha value is -1.65. The summed E-state index contributed by atoms with van der Waals surface area (Å²) >= 11 is 0. The summed E-state index contributed by atoms with van der Waals surface area (Å²) in [5, 5.41) is 2.36. The highest BCUT2D eigenvalue weighted by Crippen LogP contribution is 2.35. The van der Waals surface area contributed by atoms with Crippen molar-refractivity contribution in [1.29, 1.82) is 0 Å². The molecule has 1 N–H and O–H groups in total. The normalized spacial score (nSPS) is 29.4. The van der Waals surface area contributed by atoms with E-state index in [1.807, 2.05) is 12.2 Å². The van der Waals surface area contributed by atoms with Crippen LogP contribution in [0.25, 0.3) is 0 Å². The van der Waals surface area contributed by atoms with E-state index in [4.69, 9.17) is 0 Å². The molecular formula is C14H18N2O3. The van der Waals surface area contributed by atoms with E-state index in [0.29, 0.717) is 12.8 Å². The van der Waals surface area contributed by atoms with Gasteiger partial charge < -0.3 is 0 Å². The average Bonchev–Trinajstić information content (AvgIpc) is 3.00. The van der Waals surface area contributed by atoms with Crippen molar-refractivity contribution in [1.82, 2.24) is 10.2 Å². The molecule has 3 aliphatic rings. The summed E-state index contributed by atoms with van der Waals surface area (Å²) in [4.78, 5) is 37.7. The molecule has 19 heavy (non-hydrogen) atoms. The van der Waals surface area contributed by atoms with Gasteiger partial charge in [0, 0.05) is 6.04 Å².